The molecule has 1 amide bonds. The molecule has 1 saturated heterocycles. The molecule has 0 radical (unpaired) electrons. The first-order valence-electron chi connectivity index (χ1n) is 10.0. The van der Waals surface area contributed by atoms with Crippen molar-refractivity contribution in [2.45, 2.75) is 26.8 Å². The Labute approximate surface area is 171 Å². The molecule has 3 heterocycles. The van der Waals surface area contributed by atoms with E-state index in [0.29, 0.717) is 13.1 Å². The maximum Gasteiger partial charge on any atom is 0.240 e. The fourth-order valence-corrected chi connectivity index (χ4v) is 3.58. The number of nitrogens with two attached hydrogens (primary N) is 1. The van der Waals surface area contributed by atoms with Gasteiger partial charge in [0.2, 0.25) is 5.91 Å². The topological polar surface area (TPSA) is 79.8 Å². The van der Waals surface area contributed by atoms with Gasteiger partial charge in [0.05, 0.1) is 12.2 Å². The van der Waals surface area contributed by atoms with Crippen LogP contribution in [-0.4, -0.2) is 57.6 Å². The van der Waals surface area contributed by atoms with Gasteiger partial charge in [-0.25, -0.2) is 9.50 Å². The normalized spacial score (nSPS) is 16.3. The molecule has 3 aromatic rings. The van der Waals surface area contributed by atoms with E-state index in [1.807, 2.05) is 62.3 Å². The lowest BCUT2D eigenvalue weighted by molar-refractivity contribution is -0.135. The smallest absolute Gasteiger partial charge is 0.240 e. The highest BCUT2D eigenvalue weighted by molar-refractivity contribution is 5.83. The first-order valence-corrected chi connectivity index (χ1v) is 10.0. The number of nitrogens with zero attached hydrogens (tertiary/aromatic N) is 5. The number of hydrogen-bond donors (Lipinski definition) is 1. The summed E-state index contributed by atoms with van der Waals surface area (Å²) in [6.45, 7) is 8.78. The fraction of sp³-hybridized carbons (Fsp3) is 0.409. The van der Waals surface area contributed by atoms with Crippen molar-refractivity contribution in [3.8, 4) is 11.1 Å². The predicted octanol–water partition coefficient (Wildman–Crippen LogP) is 2.42. The summed E-state index contributed by atoms with van der Waals surface area (Å²) in [6, 6.07) is 11.7. The molecule has 2 aromatic heterocycles. The van der Waals surface area contributed by atoms with Gasteiger partial charge in [-0.3, -0.25) is 4.79 Å². The highest BCUT2D eigenvalue weighted by atomic mass is 16.2. The third-order valence-corrected chi connectivity index (χ3v) is 5.55. The first kappa shape index (κ1) is 19.4. The van der Waals surface area contributed by atoms with Gasteiger partial charge in [0.25, 0.3) is 0 Å². The zero-order valence-electron chi connectivity index (χ0n) is 17.2. The zero-order chi connectivity index (χ0) is 20.6. The number of piperazine rings is 1. The van der Waals surface area contributed by atoms with Crippen LogP contribution in [0.5, 0.6) is 0 Å². The minimum Gasteiger partial charge on any atom is -0.353 e. The molecule has 0 spiro atoms. The maximum absolute atomic E-state index is 12.7. The van der Waals surface area contributed by atoms with E-state index in [-0.39, 0.29) is 11.3 Å². The minimum absolute atomic E-state index is 0.0303. The summed E-state index contributed by atoms with van der Waals surface area (Å²) in [7, 11) is 0. The van der Waals surface area contributed by atoms with Crippen LogP contribution < -0.4 is 10.6 Å². The van der Waals surface area contributed by atoms with E-state index in [1.54, 1.807) is 4.52 Å². The molecule has 1 aliphatic rings. The van der Waals surface area contributed by atoms with Crippen molar-refractivity contribution in [1.82, 2.24) is 19.5 Å². The van der Waals surface area contributed by atoms with E-state index < -0.39 is 6.04 Å². The Morgan fingerprint density at radius 2 is 1.76 bits per heavy atom. The van der Waals surface area contributed by atoms with E-state index in [9.17, 15) is 4.79 Å². The quantitative estimate of drug-likeness (QED) is 0.740. The molecule has 1 aliphatic heterocycles. The number of benzene rings is 1. The number of carbonyl (C=O) groups is 1. The largest absolute Gasteiger partial charge is 0.353 e. The third-order valence-electron chi connectivity index (χ3n) is 5.55. The number of rotatable bonds is 3. The van der Waals surface area contributed by atoms with Crippen molar-refractivity contribution in [3.63, 3.8) is 0 Å². The summed E-state index contributed by atoms with van der Waals surface area (Å²) in [5, 5.41) is 4.43. The molecule has 4 rings (SSSR count). The van der Waals surface area contributed by atoms with Gasteiger partial charge in [0.15, 0.2) is 5.65 Å². The first-order chi connectivity index (χ1) is 13.8. The number of amides is 1. The molecule has 0 saturated carbocycles. The van der Waals surface area contributed by atoms with Gasteiger partial charge in [-0.2, -0.15) is 5.10 Å². The second-order valence-corrected chi connectivity index (χ2v) is 8.63. The molecule has 29 heavy (non-hydrogen) atoms. The fourth-order valence-electron chi connectivity index (χ4n) is 3.58. The predicted molar refractivity (Wildman–Crippen MR) is 115 cm³/mol. The van der Waals surface area contributed by atoms with Gasteiger partial charge < -0.3 is 15.5 Å². The Hall–Kier alpha value is -2.93. The second-order valence-electron chi connectivity index (χ2n) is 8.63. The summed E-state index contributed by atoms with van der Waals surface area (Å²) in [4.78, 5) is 21.7. The van der Waals surface area contributed by atoms with Gasteiger partial charge in [-0.1, -0.05) is 51.1 Å². The van der Waals surface area contributed by atoms with Gasteiger partial charge in [0.1, 0.15) is 5.82 Å². The van der Waals surface area contributed by atoms with E-state index in [1.165, 1.54) is 0 Å². The van der Waals surface area contributed by atoms with Crippen LogP contribution in [-0.2, 0) is 4.79 Å². The van der Waals surface area contributed by atoms with Crippen molar-refractivity contribution in [2.75, 3.05) is 31.1 Å². The van der Waals surface area contributed by atoms with Crippen molar-refractivity contribution in [3.05, 3.63) is 48.8 Å². The lowest BCUT2D eigenvalue weighted by atomic mass is 9.86. The minimum atomic E-state index is -0.483. The molecule has 0 aliphatic carbocycles. The monoisotopic (exact) mass is 392 g/mol. The summed E-state index contributed by atoms with van der Waals surface area (Å²) >= 11 is 0. The summed E-state index contributed by atoms with van der Waals surface area (Å²) < 4.78 is 1.80. The van der Waals surface area contributed by atoms with Crippen LogP contribution in [0.15, 0.2) is 48.8 Å². The van der Waals surface area contributed by atoms with E-state index >= 15 is 0 Å². The Balaban J connectivity index is 1.51. The highest BCUT2D eigenvalue weighted by Crippen LogP contribution is 2.25. The number of anilines is 1. The van der Waals surface area contributed by atoms with Crippen LogP contribution in [0.3, 0.4) is 0 Å². The van der Waals surface area contributed by atoms with Crippen LogP contribution >= 0.6 is 0 Å². The maximum atomic E-state index is 12.7. The molecule has 1 fully saturated rings. The summed E-state index contributed by atoms with van der Waals surface area (Å²) in [5.41, 5.74) is 8.87. The SMILES string of the molecule is CC(C)(C)[C@H](N)C(=O)N1CCN(c2ccn3ncc(-c4ccccc4)c3n2)CC1. The van der Waals surface area contributed by atoms with E-state index in [2.05, 4.69) is 22.1 Å². The van der Waals surface area contributed by atoms with E-state index in [4.69, 9.17) is 10.7 Å². The summed E-state index contributed by atoms with van der Waals surface area (Å²) in [6.07, 6.45) is 3.79. The lowest BCUT2D eigenvalue weighted by Crippen LogP contribution is -2.56. The van der Waals surface area contributed by atoms with Gasteiger partial charge in [-0.15, -0.1) is 0 Å². The Kier molecular flexibility index (Phi) is 5.00. The Morgan fingerprint density at radius 1 is 1.07 bits per heavy atom. The van der Waals surface area contributed by atoms with Crippen LogP contribution in [0.2, 0.25) is 0 Å². The molecule has 1 aromatic carbocycles. The molecule has 7 heteroatoms. The standard InChI is InChI=1S/C22H28N6O/c1-22(2,3)19(23)21(29)27-13-11-26(12-14-27)18-9-10-28-20(25-18)17(15-24-28)16-7-5-4-6-8-16/h4-10,15,19H,11-14,23H2,1-3H3/t19-/m1/s1. The molecular formula is C22H28N6O. The van der Waals surface area contributed by atoms with Crippen LogP contribution in [0.1, 0.15) is 20.8 Å². The van der Waals surface area contributed by atoms with Crippen molar-refractivity contribution in [1.29, 1.82) is 0 Å². The van der Waals surface area contributed by atoms with Crippen molar-refractivity contribution in [2.24, 2.45) is 11.1 Å². The average molecular weight is 393 g/mol. The molecule has 0 bridgehead atoms. The van der Waals surface area contributed by atoms with Gasteiger partial charge in [-0.05, 0) is 17.0 Å². The number of carbonyl (C=O) groups excluding carboxylic acids is 1. The molecule has 1 atom stereocenters. The molecule has 0 unspecified atom stereocenters. The third kappa shape index (κ3) is 3.82. The van der Waals surface area contributed by atoms with Crippen molar-refractivity contribution < 1.29 is 4.79 Å². The molecule has 2 N–H and O–H groups in total. The number of aromatic nitrogens is 3. The van der Waals surface area contributed by atoms with Gasteiger partial charge >= 0.3 is 0 Å². The second kappa shape index (κ2) is 7.48. The Bertz CT molecular complexity index is 999. The van der Waals surface area contributed by atoms with Crippen LogP contribution in [0, 0.1) is 5.41 Å². The lowest BCUT2D eigenvalue weighted by Gasteiger charge is -2.38. The zero-order valence-corrected chi connectivity index (χ0v) is 17.2. The number of fused-ring (bicyclic) bond motifs is 1. The molecule has 7 nitrogen and oxygen atoms in total. The van der Waals surface area contributed by atoms with Crippen molar-refractivity contribution >= 4 is 17.4 Å². The molecule has 152 valence electrons. The van der Waals surface area contributed by atoms with E-state index in [0.717, 1.165) is 35.7 Å². The molecular weight excluding hydrogens is 364 g/mol. The summed E-state index contributed by atoms with van der Waals surface area (Å²) in [5.74, 6) is 0.935. The highest BCUT2D eigenvalue weighted by Gasteiger charge is 2.32. The van der Waals surface area contributed by atoms with Crippen LogP contribution in [0.4, 0.5) is 5.82 Å². The Morgan fingerprint density at radius 3 is 2.41 bits per heavy atom. The number of hydrogen-bond acceptors (Lipinski definition) is 5. The van der Waals surface area contributed by atoms with Crippen LogP contribution in [0.25, 0.3) is 16.8 Å². The van der Waals surface area contributed by atoms with Gasteiger partial charge in [0, 0.05) is 37.9 Å². The average Bonchev–Trinajstić information content (AvgIpc) is 3.16.